The summed E-state index contributed by atoms with van der Waals surface area (Å²) in [6, 6.07) is 7.83. The first-order valence-electron chi connectivity index (χ1n) is 6.79. The van der Waals surface area contributed by atoms with Crippen LogP contribution in [0.4, 0.5) is 0 Å². The molecule has 19 heavy (non-hydrogen) atoms. The van der Waals surface area contributed by atoms with E-state index >= 15 is 0 Å². The Morgan fingerprint density at radius 2 is 1.84 bits per heavy atom. The van der Waals surface area contributed by atoms with Gasteiger partial charge in [0.2, 0.25) is 0 Å². The average molecular weight is 282 g/mol. The fourth-order valence-electron chi connectivity index (χ4n) is 1.78. The molecule has 1 aromatic rings. The molecule has 1 N–H and O–H groups in total. The smallest absolute Gasteiger partial charge is 0.251 e. The molecule has 2 nitrogen and oxygen atoms in total. The van der Waals surface area contributed by atoms with Gasteiger partial charge in [0.25, 0.3) is 5.91 Å². The number of alkyl halides is 1. The number of carbonyl (C=O) groups excluding carboxylic acids is 1. The molecule has 1 rings (SSSR count). The van der Waals surface area contributed by atoms with Crippen molar-refractivity contribution in [2.75, 3.05) is 12.4 Å². The number of benzene rings is 1. The fraction of sp³-hybridized carbons (Fsp3) is 0.562. The van der Waals surface area contributed by atoms with Crippen LogP contribution in [0.3, 0.4) is 0 Å². The summed E-state index contributed by atoms with van der Waals surface area (Å²) in [4.78, 5) is 12.0. The standard InChI is InChI=1S/C16H24ClNO/c1-12(9-10-17)11-18-15(19)13-5-7-14(8-6-13)16(2,3)4/h5-8,12H,9-11H2,1-4H3,(H,18,19). The van der Waals surface area contributed by atoms with Gasteiger partial charge < -0.3 is 5.32 Å². The first kappa shape index (κ1) is 16.0. The minimum Gasteiger partial charge on any atom is -0.352 e. The number of nitrogens with one attached hydrogen (secondary N) is 1. The molecule has 0 spiro atoms. The molecule has 0 heterocycles. The van der Waals surface area contributed by atoms with Gasteiger partial charge in [0.05, 0.1) is 0 Å². The number of halogens is 1. The lowest BCUT2D eigenvalue weighted by atomic mass is 9.87. The summed E-state index contributed by atoms with van der Waals surface area (Å²) in [7, 11) is 0. The van der Waals surface area contributed by atoms with E-state index in [4.69, 9.17) is 11.6 Å². The van der Waals surface area contributed by atoms with Crippen molar-refractivity contribution < 1.29 is 4.79 Å². The van der Waals surface area contributed by atoms with Crippen LogP contribution in [-0.4, -0.2) is 18.3 Å². The quantitative estimate of drug-likeness (QED) is 0.813. The van der Waals surface area contributed by atoms with E-state index in [1.165, 1.54) is 5.56 Å². The van der Waals surface area contributed by atoms with Gasteiger partial charge in [-0.2, -0.15) is 0 Å². The van der Waals surface area contributed by atoms with Crippen molar-refractivity contribution >= 4 is 17.5 Å². The minimum atomic E-state index is -0.0121. The highest BCUT2D eigenvalue weighted by Gasteiger charge is 2.14. The van der Waals surface area contributed by atoms with Crippen molar-refractivity contribution in [1.82, 2.24) is 5.32 Å². The topological polar surface area (TPSA) is 29.1 Å². The van der Waals surface area contributed by atoms with Gasteiger partial charge in [0.15, 0.2) is 0 Å². The molecule has 106 valence electrons. The van der Waals surface area contributed by atoms with Crippen LogP contribution in [0.2, 0.25) is 0 Å². The third-order valence-corrected chi connectivity index (χ3v) is 3.44. The minimum absolute atomic E-state index is 0.0121. The van der Waals surface area contributed by atoms with Gasteiger partial charge in [-0.1, -0.05) is 39.8 Å². The van der Waals surface area contributed by atoms with E-state index in [2.05, 4.69) is 33.0 Å². The highest BCUT2D eigenvalue weighted by Crippen LogP contribution is 2.22. The van der Waals surface area contributed by atoms with Crippen molar-refractivity contribution in [2.24, 2.45) is 5.92 Å². The summed E-state index contributed by atoms with van der Waals surface area (Å²) < 4.78 is 0. The maximum Gasteiger partial charge on any atom is 0.251 e. The van der Waals surface area contributed by atoms with Crippen LogP contribution in [0.1, 0.15) is 50.0 Å². The van der Waals surface area contributed by atoms with Gasteiger partial charge in [0.1, 0.15) is 0 Å². The lowest BCUT2D eigenvalue weighted by Crippen LogP contribution is -2.28. The Hall–Kier alpha value is -1.02. The van der Waals surface area contributed by atoms with Gasteiger partial charge in [-0.05, 0) is 35.4 Å². The molecule has 1 unspecified atom stereocenters. The normalized spacial score (nSPS) is 13.1. The second-order valence-electron chi connectivity index (χ2n) is 6.12. The summed E-state index contributed by atoms with van der Waals surface area (Å²) in [6.07, 6.45) is 0.921. The molecule has 0 aliphatic heterocycles. The van der Waals surface area contributed by atoms with E-state index in [0.29, 0.717) is 23.9 Å². The maximum absolute atomic E-state index is 12.0. The largest absolute Gasteiger partial charge is 0.352 e. The fourth-order valence-corrected chi connectivity index (χ4v) is 2.15. The van der Waals surface area contributed by atoms with Crippen molar-refractivity contribution in [3.63, 3.8) is 0 Å². The summed E-state index contributed by atoms with van der Waals surface area (Å²) >= 11 is 5.68. The molecule has 0 radical (unpaired) electrons. The Labute approximate surface area is 121 Å². The number of rotatable bonds is 5. The van der Waals surface area contributed by atoms with Crippen LogP contribution in [0.5, 0.6) is 0 Å². The molecule has 0 saturated carbocycles. The van der Waals surface area contributed by atoms with E-state index < -0.39 is 0 Å². The molecular formula is C16H24ClNO. The van der Waals surface area contributed by atoms with E-state index in [0.717, 1.165) is 6.42 Å². The van der Waals surface area contributed by atoms with E-state index in [9.17, 15) is 4.79 Å². The highest BCUT2D eigenvalue weighted by atomic mass is 35.5. The van der Waals surface area contributed by atoms with Crippen LogP contribution >= 0.6 is 11.6 Å². The molecule has 3 heteroatoms. The molecule has 0 bridgehead atoms. The van der Waals surface area contributed by atoms with Gasteiger partial charge in [-0.25, -0.2) is 0 Å². The molecule has 0 aliphatic rings. The molecule has 0 aromatic heterocycles. The number of carbonyl (C=O) groups is 1. The molecule has 0 aliphatic carbocycles. The van der Waals surface area contributed by atoms with Crippen molar-refractivity contribution in [3.05, 3.63) is 35.4 Å². The third kappa shape index (κ3) is 5.23. The molecule has 1 aromatic carbocycles. The Balaban J connectivity index is 2.59. The van der Waals surface area contributed by atoms with Crippen molar-refractivity contribution in [2.45, 2.75) is 39.5 Å². The Kier molecular flexibility index (Phi) is 5.86. The summed E-state index contributed by atoms with van der Waals surface area (Å²) in [5, 5.41) is 2.94. The summed E-state index contributed by atoms with van der Waals surface area (Å²) in [5.41, 5.74) is 2.06. The zero-order chi connectivity index (χ0) is 14.5. The average Bonchev–Trinajstić information content (AvgIpc) is 2.35. The Morgan fingerprint density at radius 1 is 1.26 bits per heavy atom. The van der Waals surface area contributed by atoms with E-state index in [1.807, 2.05) is 24.3 Å². The lowest BCUT2D eigenvalue weighted by molar-refractivity contribution is 0.0948. The first-order valence-corrected chi connectivity index (χ1v) is 7.32. The van der Waals surface area contributed by atoms with Crippen LogP contribution in [0.15, 0.2) is 24.3 Å². The van der Waals surface area contributed by atoms with Gasteiger partial charge in [-0.15, -0.1) is 11.6 Å². The number of hydrogen-bond donors (Lipinski definition) is 1. The molecule has 0 fully saturated rings. The van der Waals surface area contributed by atoms with E-state index in [1.54, 1.807) is 0 Å². The number of hydrogen-bond acceptors (Lipinski definition) is 1. The van der Waals surface area contributed by atoms with Gasteiger partial charge in [-0.3, -0.25) is 4.79 Å². The predicted molar refractivity (Wildman–Crippen MR) is 82.0 cm³/mol. The molecule has 1 amide bonds. The second kappa shape index (κ2) is 6.95. The van der Waals surface area contributed by atoms with Crippen LogP contribution in [-0.2, 0) is 5.41 Å². The van der Waals surface area contributed by atoms with Crippen molar-refractivity contribution in [1.29, 1.82) is 0 Å². The van der Waals surface area contributed by atoms with Crippen LogP contribution < -0.4 is 5.32 Å². The highest BCUT2D eigenvalue weighted by molar-refractivity contribution is 6.17. The maximum atomic E-state index is 12.0. The van der Waals surface area contributed by atoms with E-state index in [-0.39, 0.29) is 11.3 Å². The second-order valence-corrected chi connectivity index (χ2v) is 6.50. The van der Waals surface area contributed by atoms with Crippen molar-refractivity contribution in [3.8, 4) is 0 Å². The summed E-state index contributed by atoms with van der Waals surface area (Å²) in [6.45, 7) is 9.25. The predicted octanol–water partition coefficient (Wildman–Crippen LogP) is 3.98. The summed E-state index contributed by atoms with van der Waals surface area (Å²) in [5.74, 6) is 1.04. The first-order chi connectivity index (χ1) is 8.84. The molecule has 0 saturated heterocycles. The number of amides is 1. The lowest BCUT2D eigenvalue weighted by Gasteiger charge is -2.19. The van der Waals surface area contributed by atoms with Gasteiger partial charge >= 0.3 is 0 Å². The van der Waals surface area contributed by atoms with Crippen LogP contribution in [0.25, 0.3) is 0 Å². The monoisotopic (exact) mass is 281 g/mol. The van der Waals surface area contributed by atoms with Gasteiger partial charge in [0, 0.05) is 18.0 Å². The zero-order valence-corrected chi connectivity index (χ0v) is 13.1. The van der Waals surface area contributed by atoms with Crippen LogP contribution in [0, 0.1) is 5.92 Å². The SMILES string of the molecule is CC(CCCl)CNC(=O)c1ccc(C(C)(C)C)cc1. The molecular weight excluding hydrogens is 258 g/mol. The third-order valence-electron chi connectivity index (χ3n) is 3.23. The Bertz CT molecular complexity index is 406. The zero-order valence-electron chi connectivity index (χ0n) is 12.3. The molecule has 1 atom stereocenters. The Morgan fingerprint density at radius 3 is 2.32 bits per heavy atom.